The minimum absolute atomic E-state index is 0.164. The Kier molecular flexibility index (Phi) is 4.98. The summed E-state index contributed by atoms with van der Waals surface area (Å²) in [6.07, 6.45) is 3.38. The number of aryl methyl sites for hydroxylation is 1. The largest absolute Gasteiger partial charge is 0.486 e. The maximum atomic E-state index is 13.1. The van der Waals surface area contributed by atoms with E-state index in [1.807, 2.05) is 0 Å². The zero-order valence-corrected chi connectivity index (χ0v) is 16.4. The molecule has 0 unspecified atom stereocenters. The first kappa shape index (κ1) is 18.8. The van der Waals surface area contributed by atoms with Crippen LogP contribution in [-0.2, 0) is 17.1 Å². The maximum Gasteiger partial charge on any atom is 0.257 e. The Morgan fingerprint density at radius 1 is 1.11 bits per heavy atom. The molecule has 1 fully saturated rings. The molecule has 10 heteroatoms. The molecule has 3 heterocycles. The van der Waals surface area contributed by atoms with Crippen molar-refractivity contribution in [2.45, 2.75) is 11.3 Å². The molecule has 1 saturated heterocycles. The Morgan fingerprint density at radius 2 is 1.93 bits per heavy atom. The molecular formula is C18H22N4O5S. The normalized spacial score (nSPS) is 18.0. The number of amides is 1. The lowest BCUT2D eigenvalue weighted by molar-refractivity contribution is 0.0753. The lowest BCUT2D eigenvalue weighted by atomic mass is 10.1. The first-order valence-corrected chi connectivity index (χ1v) is 10.6. The van der Waals surface area contributed by atoms with Crippen LogP contribution in [0.2, 0.25) is 0 Å². The number of para-hydroxylation sites is 1. The van der Waals surface area contributed by atoms with Crippen LogP contribution < -0.4 is 9.47 Å². The predicted molar refractivity (Wildman–Crippen MR) is 99.9 cm³/mol. The average molecular weight is 406 g/mol. The number of nitrogens with zero attached hydrogens (tertiary/aromatic N) is 4. The molecule has 1 aromatic carbocycles. The van der Waals surface area contributed by atoms with Gasteiger partial charge in [0.05, 0.1) is 11.8 Å². The van der Waals surface area contributed by atoms with Crippen LogP contribution in [0.3, 0.4) is 0 Å². The molecule has 0 bridgehead atoms. The third kappa shape index (κ3) is 3.45. The van der Waals surface area contributed by atoms with Gasteiger partial charge in [0.25, 0.3) is 5.91 Å². The predicted octanol–water partition coefficient (Wildman–Crippen LogP) is 0.728. The highest BCUT2D eigenvalue weighted by Gasteiger charge is 2.31. The van der Waals surface area contributed by atoms with Crippen LogP contribution in [-0.4, -0.2) is 72.7 Å². The van der Waals surface area contributed by atoms with E-state index in [2.05, 4.69) is 5.10 Å². The Balaban J connectivity index is 1.51. The number of fused-ring (bicyclic) bond motifs is 1. The van der Waals surface area contributed by atoms with E-state index in [4.69, 9.17) is 9.47 Å². The monoisotopic (exact) mass is 406 g/mol. The van der Waals surface area contributed by atoms with Crippen LogP contribution in [0.25, 0.3) is 0 Å². The van der Waals surface area contributed by atoms with Gasteiger partial charge in [-0.1, -0.05) is 6.07 Å². The van der Waals surface area contributed by atoms with Crippen LogP contribution in [0.15, 0.2) is 35.5 Å². The molecular weight excluding hydrogens is 384 g/mol. The van der Waals surface area contributed by atoms with Gasteiger partial charge in [0.1, 0.15) is 18.1 Å². The highest BCUT2D eigenvalue weighted by Crippen LogP contribution is 2.34. The highest BCUT2D eigenvalue weighted by atomic mass is 32.2. The molecule has 0 radical (unpaired) electrons. The van der Waals surface area contributed by atoms with Gasteiger partial charge in [-0.2, -0.15) is 9.40 Å². The molecule has 150 valence electrons. The first-order chi connectivity index (χ1) is 13.5. The smallest absolute Gasteiger partial charge is 0.257 e. The van der Waals surface area contributed by atoms with E-state index in [9.17, 15) is 13.2 Å². The van der Waals surface area contributed by atoms with Crippen molar-refractivity contribution in [3.05, 3.63) is 36.2 Å². The molecule has 0 saturated carbocycles. The lowest BCUT2D eigenvalue weighted by Crippen LogP contribution is -2.37. The molecule has 1 aromatic heterocycles. The summed E-state index contributed by atoms with van der Waals surface area (Å²) in [6.45, 7) is 2.22. The summed E-state index contributed by atoms with van der Waals surface area (Å²) in [6, 6.07) is 5.25. The van der Waals surface area contributed by atoms with Gasteiger partial charge >= 0.3 is 0 Å². The van der Waals surface area contributed by atoms with Gasteiger partial charge in [-0.05, 0) is 18.6 Å². The van der Waals surface area contributed by atoms with Crippen molar-refractivity contribution < 1.29 is 22.7 Å². The number of rotatable bonds is 3. The summed E-state index contributed by atoms with van der Waals surface area (Å²) >= 11 is 0. The zero-order valence-electron chi connectivity index (χ0n) is 15.6. The fourth-order valence-corrected chi connectivity index (χ4v) is 4.89. The van der Waals surface area contributed by atoms with Crippen molar-refractivity contribution in [2.75, 3.05) is 39.4 Å². The summed E-state index contributed by atoms with van der Waals surface area (Å²) in [5, 5.41) is 3.95. The van der Waals surface area contributed by atoms with Gasteiger partial charge < -0.3 is 14.4 Å². The Labute approximate surface area is 163 Å². The van der Waals surface area contributed by atoms with E-state index in [0.717, 1.165) is 0 Å². The summed E-state index contributed by atoms with van der Waals surface area (Å²) in [5.74, 6) is 0.846. The van der Waals surface area contributed by atoms with Crippen molar-refractivity contribution in [3.63, 3.8) is 0 Å². The van der Waals surface area contributed by atoms with E-state index >= 15 is 0 Å². The van der Waals surface area contributed by atoms with Gasteiger partial charge in [0.2, 0.25) is 10.0 Å². The fraction of sp³-hybridized carbons (Fsp3) is 0.444. The third-order valence-corrected chi connectivity index (χ3v) is 6.71. The van der Waals surface area contributed by atoms with E-state index in [1.54, 1.807) is 30.1 Å². The SMILES string of the molecule is Cn1cc(S(=O)(=O)N2CCCN(C(=O)c3cccc4c3OCCO4)CC2)cn1. The Morgan fingerprint density at radius 3 is 2.71 bits per heavy atom. The molecule has 28 heavy (non-hydrogen) atoms. The second-order valence-electron chi connectivity index (χ2n) is 6.73. The molecule has 4 rings (SSSR count). The zero-order chi connectivity index (χ0) is 19.7. The van der Waals surface area contributed by atoms with Crippen molar-refractivity contribution in [2.24, 2.45) is 7.05 Å². The summed E-state index contributed by atoms with van der Waals surface area (Å²) in [5.41, 5.74) is 0.445. The number of ether oxygens (including phenoxy) is 2. The van der Waals surface area contributed by atoms with Crippen molar-refractivity contribution in [3.8, 4) is 11.5 Å². The van der Waals surface area contributed by atoms with Gasteiger partial charge in [0.15, 0.2) is 11.5 Å². The third-order valence-electron chi connectivity index (χ3n) is 4.86. The van der Waals surface area contributed by atoms with Crippen LogP contribution in [0.5, 0.6) is 11.5 Å². The average Bonchev–Trinajstić information content (AvgIpc) is 2.99. The van der Waals surface area contributed by atoms with Crippen molar-refractivity contribution >= 4 is 15.9 Å². The molecule has 0 atom stereocenters. The number of hydrogen-bond donors (Lipinski definition) is 0. The van der Waals surface area contributed by atoms with Gasteiger partial charge in [-0.25, -0.2) is 8.42 Å². The number of carbonyl (C=O) groups excluding carboxylic acids is 1. The Bertz CT molecular complexity index is 988. The van der Waals surface area contributed by atoms with Crippen LogP contribution in [0, 0.1) is 0 Å². The number of benzene rings is 1. The quantitative estimate of drug-likeness (QED) is 0.746. The number of sulfonamides is 1. The lowest BCUT2D eigenvalue weighted by Gasteiger charge is -2.25. The minimum atomic E-state index is -3.63. The van der Waals surface area contributed by atoms with Gasteiger partial charge in [-0.3, -0.25) is 9.48 Å². The van der Waals surface area contributed by atoms with Crippen molar-refractivity contribution in [1.82, 2.24) is 19.0 Å². The van der Waals surface area contributed by atoms with Crippen molar-refractivity contribution in [1.29, 1.82) is 0 Å². The number of aromatic nitrogens is 2. The second-order valence-corrected chi connectivity index (χ2v) is 8.67. The van der Waals surface area contributed by atoms with E-state index < -0.39 is 10.0 Å². The molecule has 9 nitrogen and oxygen atoms in total. The van der Waals surface area contributed by atoms with Gasteiger partial charge in [0, 0.05) is 39.4 Å². The molecule has 2 aromatic rings. The molecule has 0 N–H and O–H groups in total. The van der Waals surface area contributed by atoms with Crippen LogP contribution >= 0.6 is 0 Å². The number of carbonyl (C=O) groups is 1. The molecule has 2 aliphatic rings. The Hall–Kier alpha value is -2.59. The highest BCUT2D eigenvalue weighted by molar-refractivity contribution is 7.89. The summed E-state index contributed by atoms with van der Waals surface area (Å²) in [4.78, 5) is 14.9. The first-order valence-electron chi connectivity index (χ1n) is 9.13. The molecule has 2 aliphatic heterocycles. The maximum absolute atomic E-state index is 13.1. The van der Waals surface area contributed by atoms with Crippen LogP contribution in [0.1, 0.15) is 16.8 Å². The van der Waals surface area contributed by atoms with Gasteiger partial charge in [-0.15, -0.1) is 0 Å². The fourth-order valence-electron chi connectivity index (χ4n) is 3.43. The topological polar surface area (TPSA) is 94.0 Å². The molecule has 0 aliphatic carbocycles. The summed E-state index contributed by atoms with van der Waals surface area (Å²) < 4.78 is 39.7. The second kappa shape index (κ2) is 7.44. The van der Waals surface area contributed by atoms with E-state index in [-0.39, 0.29) is 17.3 Å². The molecule has 1 amide bonds. The standard InChI is InChI=1S/C18H22N4O5S/c1-20-13-14(12-19-20)28(24,25)22-7-3-6-21(8-9-22)18(23)15-4-2-5-16-17(15)27-11-10-26-16/h2,4-5,12-13H,3,6-11H2,1H3. The van der Waals surface area contributed by atoms with E-state index in [0.29, 0.717) is 56.3 Å². The van der Waals surface area contributed by atoms with E-state index in [1.165, 1.54) is 21.4 Å². The number of hydrogen-bond acceptors (Lipinski definition) is 6. The van der Waals surface area contributed by atoms with Crippen LogP contribution in [0.4, 0.5) is 0 Å². The summed E-state index contributed by atoms with van der Waals surface area (Å²) in [7, 11) is -1.95. The molecule has 0 spiro atoms. The minimum Gasteiger partial charge on any atom is -0.486 e.